The minimum atomic E-state index is -1.24. The number of hydrogen-bond acceptors (Lipinski definition) is 8. The number of carboxylic acids is 1. The maximum Gasteiger partial charge on any atom is 0.326 e. The summed E-state index contributed by atoms with van der Waals surface area (Å²) >= 11 is 0. The van der Waals surface area contributed by atoms with E-state index in [0.717, 1.165) is 12.0 Å². The van der Waals surface area contributed by atoms with Gasteiger partial charge in [-0.15, -0.1) is 0 Å². The number of rotatable bonds is 19. The highest BCUT2D eigenvalue weighted by Crippen LogP contribution is 2.08. The van der Waals surface area contributed by atoms with Gasteiger partial charge in [-0.1, -0.05) is 36.8 Å². The Hall–Kier alpha value is -3.81. The normalized spacial score (nSPS) is 14.0. The molecule has 2 rings (SSSR count). The summed E-state index contributed by atoms with van der Waals surface area (Å²) < 4.78 is 0. The van der Waals surface area contributed by atoms with Gasteiger partial charge in [0.25, 0.3) is 0 Å². The molecule has 0 aliphatic carbocycles. The highest BCUT2D eigenvalue weighted by Gasteiger charge is 2.30. The Bertz CT molecular complexity index is 1050. The SMILES string of the molecule is NCCCCC(N)C(=O)NC(Cc1ccccc1)C(=O)NC(CCCCN)C(=O)NC(Cc1cnc[nH]1)C(=O)O. The van der Waals surface area contributed by atoms with Crippen LogP contribution in [0.1, 0.15) is 49.8 Å². The number of imidazole rings is 1. The Labute approximate surface area is 234 Å². The van der Waals surface area contributed by atoms with Crippen LogP contribution in [-0.4, -0.2) is 76.0 Å². The number of carbonyl (C=O) groups is 4. The van der Waals surface area contributed by atoms with E-state index in [4.69, 9.17) is 17.2 Å². The van der Waals surface area contributed by atoms with Gasteiger partial charge in [0.15, 0.2) is 0 Å². The van der Waals surface area contributed by atoms with Gasteiger partial charge in [0, 0.05) is 24.7 Å². The van der Waals surface area contributed by atoms with Gasteiger partial charge in [-0.05, 0) is 50.8 Å². The minimum Gasteiger partial charge on any atom is -0.480 e. The topological polar surface area (TPSA) is 231 Å². The maximum atomic E-state index is 13.5. The third kappa shape index (κ3) is 11.5. The lowest BCUT2D eigenvalue weighted by atomic mass is 10.0. The molecule has 0 saturated heterocycles. The number of aliphatic carboxylic acids is 1. The Morgan fingerprint density at radius 2 is 1.40 bits per heavy atom. The number of H-pyrrole nitrogens is 1. The fourth-order valence-electron chi connectivity index (χ4n) is 4.10. The monoisotopic (exact) mass is 558 g/mol. The number of benzene rings is 1. The standard InChI is InChI=1S/C27H42N8O5/c28-12-6-4-10-20(30)24(36)34-22(14-18-8-2-1-3-9-18)26(38)33-21(11-5-7-13-29)25(37)35-23(27(39)40)15-19-16-31-17-32-19/h1-3,8-9,16-17,20-23H,4-7,10-15,28-30H2,(H,31,32)(H,33,38)(H,34,36)(H,35,37)(H,39,40). The van der Waals surface area contributed by atoms with Crippen molar-refractivity contribution in [3.05, 3.63) is 54.1 Å². The highest BCUT2D eigenvalue weighted by atomic mass is 16.4. The van der Waals surface area contributed by atoms with Crippen molar-refractivity contribution in [2.24, 2.45) is 17.2 Å². The van der Waals surface area contributed by atoms with E-state index in [2.05, 4.69) is 25.9 Å². The molecule has 220 valence electrons. The van der Waals surface area contributed by atoms with Gasteiger partial charge in [-0.2, -0.15) is 0 Å². The van der Waals surface area contributed by atoms with Gasteiger partial charge in [0.05, 0.1) is 12.4 Å². The van der Waals surface area contributed by atoms with E-state index >= 15 is 0 Å². The van der Waals surface area contributed by atoms with Crippen LogP contribution in [0.25, 0.3) is 0 Å². The van der Waals surface area contributed by atoms with E-state index < -0.39 is 47.9 Å². The Morgan fingerprint density at radius 1 is 0.800 bits per heavy atom. The molecule has 0 aliphatic heterocycles. The summed E-state index contributed by atoms with van der Waals surface area (Å²) in [5.41, 5.74) is 18.5. The molecule has 1 heterocycles. The minimum absolute atomic E-state index is 0.0146. The average molecular weight is 559 g/mol. The van der Waals surface area contributed by atoms with Gasteiger partial charge in [0.1, 0.15) is 18.1 Å². The Kier molecular flexibility index (Phi) is 14.3. The van der Waals surface area contributed by atoms with Crippen LogP contribution in [0.2, 0.25) is 0 Å². The third-order valence-electron chi connectivity index (χ3n) is 6.40. The van der Waals surface area contributed by atoms with Crippen molar-refractivity contribution in [2.75, 3.05) is 13.1 Å². The molecule has 0 aliphatic rings. The smallest absolute Gasteiger partial charge is 0.326 e. The zero-order chi connectivity index (χ0) is 29.3. The molecule has 2 aromatic rings. The quantitative estimate of drug-likeness (QED) is 0.102. The molecule has 1 aromatic heterocycles. The van der Waals surface area contributed by atoms with Crippen LogP contribution in [0, 0.1) is 0 Å². The highest BCUT2D eigenvalue weighted by molar-refractivity contribution is 5.94. The number of unbranched alkanes of at least 4 members (excludes halogenated alkanes) is 2. The number of nitrogens with zero attached hydrogens (tertiary/aromatic N) is 1. The number of carboxylic acid groups (broad SMARTS) is 1. The van der Waals surface area contributed by atoms with Gasteiger partial charge in [-0.3, -0.25) is 14.4 Å². The second-order valence-corrected chi connectivity index (χ2v) is 9.67. The van der Waals surface area contributed by atoms with E-state index in [0.29, 0.717) is 44.5 Å². The number of nitrogens with two attached hydrogens (primary N) is 3. The van der Waals surface area contributed by atoms with Gasteiger partial charge >= 0.3 is 5.97 Å². The number of aromatic amines is 1. The molecular formula is C27H42N8O5. The molecule has 40 heavy (non-hydrogen) atoms. The van der Waals surface area contributed by atoms with Crippen molar-refractivity contribution < 1.29 is 24.3 Å². The zero-order valence-corrected chi connectivity index (χ0v) is 22.7. The molecule has 0 radical (unpaired) electrons. The lowest BCUT2D eigenvalue weighted by Crippen LogP contribution is -2.57. The van der Waals surface area contributed by atoms with Crippen LogP contribution >= 0.6 is 0 Å². The van der Waals surface area contributed by atoms with Gasteiger partial charge in [-0.25, -0.2) is 9.78 Å². The van der Waals surface area contributed by atoms with E-state index in [-0.39, 0.29) is 19.3 Å². The molecule has 1 aromatic carbocycles. The number of aromatic nitrogens is 2. The van der Waals surface area contributed by atoms with Gasteiger partial charge < -0.3 is 43.2 Å². The third-order valence-corrected chi connectivity index (χ3v) is 6.40. The van der Waals surface area contributed by atoms with Crippen molar-refractivity contribution in [3.63, 3.8) is 0 Å². The first kappa shape index (κ1) is 32.4. The van der Waals surface area contributed by atoms with E-state index in [1.807, 2.05) is 30.3 Å². The summed E-state index contributed by atoms with van der Waals surface area (Å²) in [4.78, 5) is 58.0. The fourth-order valence-corrected chi connectivity index (χ4v) is 4.10. The van der Waals surface area contributed by atoms with E-state index in [9.17, 15) is 24.3 Å². The molecule has 0 spiro atoms. The average Bonchev–Trinajstić information content (AvgIpc) is 3.45. The van der Waals surface area contributed by atoms with Gasteiger partial charge in [0.2, 0.25) is 17.7 Å². The van der Waals surface area contributed by atoms with Crippen LogP contribution in [0.4, 0.5) is 0 Å². The lowest BCUT2D eigenvalue weighted by molar-refractivity contribution is -0.142. The van der Waals surface area contributed by atoms with Crippen molar-refractivity contribution in [3.8, 4) is 0 Å². The molecule has 4 unspecified atom stereocenters. The van der Waals surface area contributed by atoms with Crippen molar-refractivity contribution in [1.82, 2.24) is 25.9 Å². The predicted octanol–water partition coefficient (Wildman–Crippen LogP) is -0.681. The molecule has 11 N–H and O–H groups in total. The molecule has 3 amide bonds. The molecule has 0 bridgehead atoms. The zero-order valence-electron chi connectivity index (χ0n) is 22.7. The maximum absolute atomic E-state index is 13.5. The van der Waals surface area contributed by atoms with Crippen LogP contribution < -0.4 is 33.2 Å². The number of carbonyl (C=O) groups excluding carboxylic acids is 3. The van der Waals surface area contributed by atoms with Crippen LogP contribution in [0.15, 0.2) is 42.9 Å². The predicted molar refractivity (Wildman–Crippen MR) is 150 cm³/mol. The first-order valence-corrected chi connectivity index (χ1v) is 13.6. The molecule has 0 saturated carbocycles. The second kappa shape index (κ2) is 17.7. The first-order valence-electron chi connectivity index (χ1n) is 13.6. The summed E-state index contributed by atoms with van der Waals surface area (Å²) in [5.74, 6) is -2.95. The summed E-state index contributed by atoms with van der Waals surface area (Å²) in [6.07, 6.45) is 6.22. The fraction of sp³-hybridized carbons (Fsp3) is 0.519. The largest absolute Gasteiger partial charge is 0.480 e. The molecule has 13 heteroatoms. The first-order chi connectivity index (χ1) is 19.2. The summed E-state index contributed by atoms with van der Waals surface area (Å²) in [6, 6.07) is 5.01. The van der Waals surface area contributed by atoms with Crippen molar-refractivity contribution in [2.45, 2.75) is 75.5 Å². The molecule has 4 atom stereocenters. The van der Waals surface area contributed by atoms with Crippen molar-refractivity contribution in [1.29, 1.82) is 0 Å². The summed E-state index contributed by atoms with van der Waals surface area (Å²) in [7, 11) is 0. The van der Waals surface area contributed by atoms with E-state index in [1.165, 1.54) is 12.5 Å². The molecule has 0 fully saturated rings. The Morgan fingerprint density at radius 3 is 2.00 bits per heavy atom. The molecule has 13 nitrogen and oxygen atoms in total. The molecular weight excluding hydrogens is 516 g/mol. The van der Waals surface area contributed by atoms with Crippen LogP contribution in [0.5, 0.6) is 0 Å². The summed E-state index contributed by atoms with van der Waals surface area (Å²) in [5, 5.41) is 17.6. The number of hydrogen-bond donors (Lipinski definition) is 8. The Balaban J connectivity index is 2.18. The van der Waals surface area contributed by atoms with E-state index in [1.54, 1.807) is 0 Å². The lowest BCUT2D eigenvalue weighted by Gasteiger charge is -2.25. The summed E-state index contributed by atoms with van der Waals surface area (Å²) in [6.45, 7) is 0.889. The van der Waals surface area contributed by atoms with Crippen molar-refractivity contribution >= 4 is 23.7 Å². The van der Waals surface area contributed by atoms with Crippen LogP contribution in [-0.2, 0) is 32.0 Å². The number of nitrogens with one attached hydrogen (secondary N) is 4. The number of amides is 3. The second-order valence-electron chi connectivity index (χ2n) is 9.67. The van der Waals surface area contributed by atoms with Crippen LogP contribution in [0.3, 0.4) is 0 Å².